The third kappa shape index (κ3) is 2.83. The van der Waals surface area contributed by atoms with Crippen LogP contribution in [0, 0.1) is 0 Å². The van der Waals surface area contributed by atoms with Gasteiger partial charge in [-0.25, -0.2) is 0 Å². The first kappa shape index (κ1) is 14.5. The SMILES string of the molecule is CNC(=S)NN[C@]1(CO)O[C@@H](CO)[C@@H](O)[C@@H]1O. The molecule has 1 heterocycles. The number of rotatable bonds is 4. The predicted octanol–water partition coefficient (Wildman–Crippen LogP) is -3.61. The minimum Gasteiger partial charge on any atom is -0.394 e. The van der Waals surface area contributed by atoms with Crippen molar-refractivity contribution in [2.45, 2.75) is 24.0 Å². The summed E-state index contributed by atoms with van der Waals surface area (Å²) in [6, 6.07) is 0. The molecule has 100 valence electrons. The standard InChI is InChI=1S/C8H17N3O5S/c1-9-7(17)10-11-8(3-13)6(15)5(14)4(2-12)16-8/h4-6,11-15H,2-3H2,1H3,(H2,9,10,17)/t4-,5+,6-,8+/m0/s1. The van der Waals surface area contributed by atoms with E-state index in [1.807, 2.05) is 0 Å². The second-order valence-corrected chi connectivity index (χ2v) is 4.06. The first-order valence-electron chi connectivity index (χ1n) is 5.01. The molecule has 0 aliphatic carbocycles. The number of ether oxygens (including phenoxy) is 1. The molecule has 1 aliphatic rings. The summed E-state index contributed by atoms with van der Waals surface area (Å²) in [5, 5.41) is 40.4. The normalized spacial score (nSPS) is 36.9. The summed E-state index contributed by atoms with van der Waals surface area (Å²) in [6.45, 7) is -1.08. The number of hydrogen-bond acceptors (Lipinski definition) is 7. The Morgan fingerprint density at radius 2 is 2.06 bits per heavy atom. The average molecular weight is 267 g/mol. The zero-order valence-corrected chi connectivity index (χ0v) is 10.1. The lowest BCUT2D eigenvalue weighted by Crippen LogP contribution is -2.63. The number of nitrogens with one attached hydrogen (secondary N) is 3. The van der Waals surface area contributed by atoms with Crippen LogP contribution in [-0.4, -0.2) is 69.8 Å². The monoisotopic (exact) mass is 267 g/mol. The number of hydrazine groups is 1. The van der Waals surface area contributed by atoms with Crippen LogP contribution in [0.1, 0.15) is 0 Å². The van der Waals surface area contributed by atoms with E-state index in [2.05, 4.69) is 16.2 Å². The first-order valence-corrected chi connectivity index (χ1v) is 5.42. The summed E-state index contributed by atoms with van der Waals surface area (Å²) in [7, 11) is 1.58. The summed E-state index contributed by atoms with van der Waals surface area (Å²) in [5.74, 6) is 0. The van der Waals surface area contributed by atoms with Crippen LogP contribution in [0.4, 0.5) is 0 Å². The highest BCUT2D eigenvalue weighted by atomic mass is 32.1. The van der Waals surface area contributed by atoms with Gasteiger partial charge in [-0.2, -0.15) is 5.43 Å². The summed E-state index contributed by atoms with van der Waals surface area (Å²) in [5.41, 5.74) is 3.37. The topological polar surface area (TPSA) is 126 Å². The van der Waals surface area contributed by atoms with Gasteiger partial charge in [0.25, 0.3) is 0 Å². The molecular weight excluding hydrogens is 250 g/mol. The Labute approximate surface area is 104 Å². The fourth-order valence-electron chi connectivity index (χ4n) is 1.53. The molecular formula is C8H17N3O5S. The highest BCUT2D eigenvalue weighted by Crippen LogP contribution is 2.28. The molecule has 1 aliphatic heterocycles. The second kappa shape index (κ2) is 5.87. The Balaban J connectivity index is 2.71. The van der Waals surface area contributed by atoms with E-state index >= 15 is 0 Å². The third-order valence-electron chi connectivity index (χ3n) is 2.57. The van der Waals surface area contributed by atoms with Crippen LogP contribution >= 0.6 is 12.2 Å². The molecule has 0 unspecified atom stereocenters. The molecule has 7 N–H and O–H groups in total. The summed E-state index contributed by atoms with van der Waals surface area (Å²) >= 11 is 4.80. The molecule has 1 fully saturated rings. The van der Waals surface area contributed by atoms with Crippen molar-refractivity contribution in [1.82, 2.24) is 16.2 Å². The van der Waals surface area contributed by atoms with E-state index in [-0.39, 0.29) is 5.11 Å². The van der Waals surface area contributed by atoms with Crippen LogP contribution in [0.15, 0.2) is 0 Å². The lowest BCUT2D eigenvalue weighted by atomic mass is 10.0. The average Bonchev–Trinajstić information content (AvgIpc) is 2.60. The van der Waals surface area contributed by atoms with Gasteiger partial charge >= 0.3 is 0 Å². The van der Waals surface area contributed by atoms with E-state index in [4.69, 9.17) is 22.1 Å². The maximum absolute atomic E-state index is 9.78. The van der Waals surface area contributed by atoms with E-state index in [0.717, 1.165) is 0 Å². The summed E-state index contributed by atoms with van der Waals surface area (Å²) in [6.07, 6.45) is -3.68. The Kier molecular flexibility index (Phi) is 5.01. The van der Waals surface area contributed by atoms with Crippen LogP contribution in [-0.2, 0) is 4.74 Å². The Bertz CT molecular complexity index is 282. The van der Waals surface area contributed by atoms with Crippen molar-refractivity contribution in [2.75, 3.05) is 20.3 Å². The fraction of sp³-hybridized carbons (Fsp3) is 0.875. The number of aliphatic hydroxyl groups is 4. The minimum absolute atomic E-state index is 0.218. The molecule has 0 saturated carbocycles. The van der Waals surface area contributed by atoms with E-state index in [9.17, 15) is 15.3 Å². The summed E-state index contributed by atoms with van der Waals surface area (Å²) in [4.78, 5) is 0. The zero-order valence-electron chi connectivity index (χ0n) is 9.25. The Hall–Kier alpha value is -0.550. The van der Waals surface area contributed by atoms with Gasteiger partial charge in [-0.15, -0.1) is 0 Å². The molecule has 9 heteroatoms. The molecule has 0 spiro atoms. The van der Waals surface area contributed by atoms with Crippen molar-refractivity contribution in [1.29, 1.82) is 0 Å². The van der Waals surface area contributed by atoms with Gasteiger partial charge in [0.15, 0.2) is 10.8 Å². The lowest BCUT2D eigenvalue weighted by molar-refractivity contribution is -0.142. The van der Waals surface area contributed by atoms with Gasteiger partial charge in [0, 0.05) is 7.05 Å². The second-order valence-electron chi connectivity index (χ2n) is 3.65. The minimum atomic E-state index is -1.62. The van der Waals surface area contributed by atoms with E-state index < -0.39 is 37.3 Å². The highest BCUT2D eigenvalue weighted by molar-refractivity contribution is 7.80. The first-order chi connectivity index (χ1) is 8.00. The van der Waals surface area contributed by atoms with E-state index in [0.29, 0.717) is 0 Å². The number of thiocarbonyl (C=S) groups is 1. The summed E-state index contributed by atoms with van der Waals surface area (Å²) < 4.78 is 5.21. The molecule has 1 rings (SSSR count). The van der Waals surface area contributed by atoms with E-state index in [1.165, 1.54) is 0 Å². The molecule has 4 atom stereocenters. The molecule has 0 aromatic heterocycles. The van der Waals surface area contributed by atoms with Crippen molar-refractivity contribution in [3.8, 4) is 0 Å². The zero-order chi connectivity index (χ0) is 13.1. The van der Waals surface area contributed by atoms with Crippen LogP contribution in [0.25, 0.3) is 0 Å². The largest absolute Gasteiger partial charge is 0.394 e. The molecule has 0 aromatic rings. The van der Waals surface area contributed by atoms with Gasteiger partial charge < -0.3 is 30.5 Å². The van der Waals surface area contributed by atoms with Crippen molar-refractivity contribution < 1.29 is 25.2 Å². The van der Waals surface area contributed by atoms with Crippen LogP contribution < -0.4 is 16.2 Å². The number of aliphatic hydroxyl groups excluding tert-OH is 4. The van der Waals surface area contributed by atoms with E-state index in [1.54, 1.807) is 7.05 Å². The Morgan fingerprint density at radius 3 is 2.47 bits per heavy atom. The van der Waals surface area contributed by atoms with Crippen molar-refractivity contribution >= 4 is 17.3 Å². The van der Waals surface area contributed by atoms with Crippen LogP contribution in [0.2, 0.25) is 0 Å². The van der Waals surface area contributed by atoms with Crippen LogP contribution in [0.3, 0.4) is 0 Å². The van der Waals surface area contributed by atoms with Gasteiger partial charge in [0.05, 0.1) is 13.2 Å². The Morgan fingerprint density at radius 1 is 1.41 bits per heavy atom. The van der Waals surface area contributed by atoms with Gasteiger partial charge in [-0.1, -0.05) is 0 Å². The molecule has 0 amide bonds. The third-order valence-corrected chi connectivity index (χ3v) is 2.88. The highest BCUT2D eigenvalue weighted by Gasteiger charge is 2.54. The quantitative estimate of drug-likeness (QED) is 0.204. The van der Waals surface area contributed by atoms with Crippen molar-refractivity contribution in [3.05, 3.63) is 0 Å². The van der Waals surface area contributed by atoms with Crippen molar-refractivity contribution in [3.63, 3.8) is 0 Å². The predicted molar refractivity (Wildman–Crippen MR) is 61.7 cm³/mol. The van der Waals surface area contributed by atoms with Gasteiger partial charge in [0.2, 0.25) is 0 Å². The van der Waals surface area contributed by atoms with Crippen LogP contribution in [0.5, 0.6) is 0 Å². The number of hydrogen-bond donors (Lipinski definition) is 7. The lowest BCUT2D eigenvalue weighted by Gasteiger charge is -2.31. The smallest absolute Gasteiger partial charge is 0.187 e. The molecule has 0 radical (unpaired) electrons. The van der Waals surface area contributed by atoms with Crippen molar-refractivity contribution in [2.24, 2.45) is 0 Å². The maximum atomic E-state index is 9.78. The fourth-order valence-corrected chi connectivity index (χ4v) is 1.58. The van der Waals surface area contributed by atoms with Gasteiger partial charge in [0.1, 0.15) is 18.3 Å². The molecule has 8 nitrogen and oxygen atoms in total. The molecule has 17 heavy (non-hydrogen) atoms. The molecule has 0 bridgehead atoms. The molecule has 0 aromatic carbocycles. The van der Waals surface area contributed by atoms with Gasteiger partial charge in [-0.3, -0.25) is 5.43 Å². The maximum Gasteiger partial charge on any atom is 0.187 e. The molecule has 1 saturated heterocycles. The van der Waals surface area contributed by atoms with Gasteiger partial charge in [-0.05, 0) is 12.2 Å².